The van der Waals surface area contributed by atoms with Gasteiger partial charge in [0.15, 0.2) is 0 Å². The minimum Gasteiger partial charge on any atom is -0.496 e. The number of halogens is 1. The molecule has 2 atom stereocenters. The van der Waals surface area contributed by atoms with Crippen molar-refractivity contribution in [1.29, 1.82) is 0 Å². The lowest BCUT2D eigenvalue weighted by atomic mass is 9.88. The van der Waals surface area contributed by atoms with Crippen molar-refractivity contribution in [3.8, 4) is 5.75 Å². The molecule has 2 rings (SSSR count). The molecule has 0 amide bonds. The van der Waals surface area contributed by atoms with E-state index in [9.17, 15) is 5.11 Å². The topological polar surface area (TPSA) is 38.7 Å². The van der Waals surface area contributed by atoms with Crippen molar-refractivity contribution in [3.05, 3.63) is 28.2 Å². The van der Waals surface area contributed by atoms with Crippen molar-refractivity contribution in [2.45, 2.75) is 31.5 Å². The van der Waals surface area contributed by atoms with Crippen LogP contribution >= 0.6 is 15.9 Å². The molecule has 1 aliphatic heterocycles. The number of ether oxygens (including phenoxy) is 2. The minimum atomic E-state index is -0.784. The molecule has 1 saturated heterocycles. The van der Waals surface area contributed by atoms with Crippen molar-refractivity contribution in [2.24, 2.45) is 0 Å². The third-order valence-corrected chi connectivity index (χ3v) is 3.89. The van der Waals surface area contributed by atoms with Crippen LogP contribution in [0.25, 0.3) is 0 Å². The molecule has 0 bridgehead atoms. The van der Waals surface area contributed by atoms with E-state index in [1.165, 1.54) is 0 Å². The maximum absolute atomic E-state index is 10.5. The van der Waals surface area contributed by atoms with E-state index in [1.54, 1.807) is 7.11 Å². The van der Waals surface area contributed by atoms with Gasteiger partial charge in [-0.1, -0.05) is 15.9 Å². The maximum Gasteiger partial charge on any atom is 0.122 e. The first-order valence-corrected chi connectivity index (χ1v) is 6.51. The van der Waals surface area contributed by atoms with Gasteiger partial charge < -0.3 is 14.6 Å². The summed E-state index contributed by atoms with van der Waals surface area (Å²) in [6.45, 7) is 2.53. The predicted molar refractivity (Wildman–Crippen MR) is 69.4 cm³/mol. The van der Waals surface area contributed by atoms with Crippen LogP contribution in [0.3, 0.4) is 0 Å². The zero-order valence-corrected chi connectivity index (χ0v) is 11.7. The average Bonchev–Trinajstić information content (AvgIpc) is 2.59. The Bertz CT molecular complexity index is 408. The fourth-order valence-corrected chi connectivity index (χ4v) is 2.63. The van der Waals surface area contributed by atoms with Gasteiger partial charge in [-0.25, -0.2) is 0 Å². The first-order chi connectivity index (χ1) is 8.05. The van der Waals surface area contributed by atoms with E-state index in [1.807, 2.05) is 25.1 Å². The van der Waals surface area contributed by atoms with Gasteiger partial charge in [0.1, 0.15) is 5.75 Å². The van der Waals surface area contributed by atoms with Gasteiger partial charge in [0.25, 0.3) is 0 Å². The summed E-state index contributed by atoms with van der Waals surface area (Å²) >= 11 is 3.44. The first-order valence-electron chi connectivity index (χ1n) is 5.71. The Morgan fingerprint density at radius 2 is 2.35 bits per heavy atom. The summed E-state index contributed by atoms with van der Waals surface area (Å²) in [4.78, 5) is 0. The molecule has 17 heavy (non-hydrogen) atoms. The van der Waals surface area contributed by atoms with Gasteiger partial charge >= 0.3 is 0 Å². The van der Waals surface area contributed by atoms with E-state index in [-0.39, 0.29) is 6.10 Å². The second-order valence-corrected chi connectivity index (χ2v) is 5.42. The third kappa shape index (κ3) is 2.64. The quantitative estimate of drug-likeness (QED) is 0.932. The maximum atomic E-state index is 10.5. The van der Waals surface area contributed by atoms with Gasteiger partial charge in [-0.05, 0) is 30.7 Å². The number of methoxy groups -OCH3 is 1. The number of hydrogen-bond acceptors (Lipinski definition) is 3. The highest BCUT2D eigenvalue weighted by molar-refractivity contribution is 9.10. The Labute approximate surface area is 110 Å². The zero-order valence-electron chi connectivity index (χ0n) is 10.1. The van der Waals surface area contributed by atoms with E-state index in [0.717, 1.165) is 15.8 Å². The molecule has 1 aromatic carbocycles. The summed E-state index contributed by atoms with van der Waals surface area (Å²) < 4.78 is 11.7. The molecule has 1 heterocycles. The Hall–Kier alpha value is -0.580. The summed E-state index contributed by atoms with van der Waals surface area (Å²) in [5, 5.41) is 10.5. The van der Waals surface area contributed by atoms with E-state index in [4.69, 9.17) is 9.47 Å². The van der Waals surface area contributed by atoms with Gasteiger partial charge in [-0.3, -0.25) is 0 Å². The average molecular weight is 301 g/mol. The molecule has 0 aromatic heterocycles. The zero-order chi connectivity index (χ0) is 12.5. The Morgan fingerprint density at radius 3 is 2.94 bits per heavy atom. The number of benzene rings is 1. The van der Waals surface area contributed by atoms with Crippen LogP contribution < -0.4 is 4.74 Å². The van der Waals surface area contributed by atoms with Gasteiger partial charge in [0.05, 0.1) is 18.8 Å². The number of aliphatic hydroxyl groups is 1. The molecule has 1 N–H and O–H groups in total. The summed E-state index contributed by atoms with van der Waals surface area (Å²) in [7, 11) is 1.64. The molecular weight excluding hydrogens is 284 g/mol. The van der Waals surface area contributed by atoms with Gasteiger partial charge in [-0.15, -0.1) is 0 Å². The standard InChI is InChI=1S/C13H17BrO3/c1-9-13(15,5-6-17-9)8-10-7-11(14)3-4-12(10)16-2/h3-4,7,9,15H,5-6,8H2,1-2H3. The molecule has 1 aromatic rings. The molecular formula is C13H17BrO3. The summed E-state index contributed by atoms with van der Waals surface area (Å²) in [5.41, 5.74) is 0.218. The lowest BCUT2D eigenvalue weighted by molar-refractivity contribution is -0.0271. The smallest absolute Gasteiger partial charge is 0.122 e. The molecule has 3 nitrogen and oxygen atoms in total. The third-order valence-electron chi connectivity index (χ3n) is 3.40. The summed E-state index contributed by atoms with van der Waals surface area (Å²) in [6, 6.07) is 5.83. The van der Waals surface area contributed by atoms with Crippen LogP contribution in [0.5, 0.6) is 5.75 Å². The van der Waals surface area contributed by atoms with Crippen LogP contribution in [0, 0.1) is 0 Å². The van der Waals surface area contributed by atoms with E-state index in [0.29, 0.717) is 19.4 Å². The molecule has 94 valence electrons. The van der Waals surface area contributed by atoms with E-state index in [2.05, 4.69) is 15.9 Å². The van der Waals surface area contributed by atoms with Crippen molar-refractivity contribution in [1.82, 2.24) is 0 Å². The second kappa shape index (κ2) is 4.96. The van der Waals surface area contributed by atoms with E-state index < -0.39 is 5.60 Å². The van der Waals surface area contributed by atoms with Crippen LogP contribution in [-0.2, 0) is 11.2 Å². The van der Waals surface area contributed by atoms with Crippen LogP contribution in [0.4, 0.5) is 0 Å². The van der Waals surface area contributed by atoms with Gasteiger partial charge in [0.2, 0.25) is 0 Å². The number of rotatable bonds is 3. The summed E-state index contributed by atoms with van der Waals surface area (Å²) in [5.74, 6) is 0.806. The highest BCUT2D eigenvalue weighted by atomic mass is 79.9. The van der Waals surface area contributed by atoms with Crippen LogP contribution in [0.15, 0.2) is 22.7 Å². The fraction of sp³-hybridized carbons (Fsp3) is 0.538. The minimum absolute atomic E-state index is 0.133. The second-order valence-electron chi connectivity index (χ2n) is 4.50. The Kier molecular flexibility index (Phi) is 3.76. The Morgan fingerprint density at radius 1 is 1.59 bits per heavy atom. The lowest BCUT2D eigenvalue weighted by Gasteiger charge is -2.26. The molecule has 0 radical (unpaired) electrons. The fourth-order valence-electron chi connectivity index (χ4n) is 2.22. The first kappa shape index (κ1) is 12.9. The molecule has 0 saturated carbocycles. The summed E-state index contributed by atoms with van der Waals surface area (Å²) in [6.07, 6.45) is 1.09. The number of hydrogen-bond donors (Lipinski definition) is 1. The normalized spacial score (nSPS) is 28.4. The molecule has 0 spiro atoms. The predicted octanol–water partition coefficient (Wildman–Crippen LogP) is 2.54. The van der Waals surface area contributed by atoms with Crippen molar-refractivity contribution in [3.63, 3.8) is 0 Å². The van der Waals surface area contributed by atoms with Crippen molar-refractivity contribution in [2.75, 3.05) is 13.7 Å². The van der Waals surface area contributed by atoms with Gasteiger partial charge in [-0.2, -0.15) is 0 Å². The SMILES string of the molecule is COc1ccc(Br)cc1CC1(O)CCOC1C. The lowest BCUT2D eigenvalue weighted by Crippen LogP contribution is -2.38. The largest absolute Gasteiger partial charge is 0.496 e. The molecule has 4 heteroatoms. The monoisotopic (exact) mass is 300 g/mol. The Balaban J connectivity index is 2.25. The molecule has 0 aliphatic carbocycles. The van der Waals surface area contributed by atoms with Crippen LogP contribution in [0.1, 0.15) is 18.9 Å². The van der Waals surface area contributed by atoms with Crippen LogP contribution in [0.2, 0.25) is 0 Å². The van der Waals surface area contributed by atoms with Gasteiger partial charge in [0, 0.05) is 23.9 Å². The van der Waals surface area contributed by atoms with E-state index >= 15 is 0 Å². The highest BCUT2D eigenvalue weighted by Gasteiger charge is 2.40. The molecule has 2 unspecified atom stereocenters. The molecule has 1 aliphatic rings. The highest BCUT2D eigenvalue weighted by Crippen LogP contribution is 2.33. The molecule has 1 fully saturated rings. The van der Waals surface area contributed by atoms with Crippen LogP contribution in [-0.4, -0.2) is 30.5 Å². The van der Waals surface area contributed by atoms with Crippen molar-refractivity contribution >= 4 is 15.9 Å². The van der Waals surface area contributed by atoms with Crippen molar-refractivity contribution < 1.29 is 14.6 Å².